The van der Waals surface area contributed by atoms with Gasteiger partial charge in [-0.15, -0.1) is 0 Å². The minimum Gasteiger partial charge on any atom is -0.481 e. The average molecular weight is 343 g/mol. The Morgan fingerprint density at radius 1 is 1.25 bits per heavy atom. The Balaban J connectivity index is 2.19. The van der Waals surface area contributed by atoms with Gasteiger partial charge in [0.1, 0.15) is 6.07 Å². The summed E-state index contributed by atoms with van der Waals surface area (Å²) in [5.41, 5.74) is -0.0912. The van der Waals surface area contributed by atoms with Gasteiger partial charge in [0, 0.05) is 12.1 Å². The summed E-state index contributed by atoms with van der Waals surface area (Å²) < 4.78 is 0. The molecule has 0 unspecified atom stereocenters. The zero-order valence-corrected chi connectivity index (χ0v) is 13.7. The molecule has 0 bridgehead atoms. The largest absolute Gasteiger partial charge is 0.481 e. The molecule has 2 aromatic rings. The van der Waals surface area contributed by atoms with Crippen LogP contribution in [-0.4, -0.2) is 17.0 Å². The van der Waals surface area contributed by atoms with Crippen molar-refractivity contribution in [2.24, 2.45) is 0 Å². The van der Waals surface area contributed by atoms with Crippen LogP contribution < -0.4 is 5.32 Å². The van der Waals surface area contributed by atoms with Crippen LogP contribution in [0.4, 0.5) is 5.69 Å². The number of aliphatic carboxylic acids is 1. The van der Waals surface area contributed by atoms with Crippen molar-refractivity contribution in [3.8, 4) is 6.07 Å². The summed E-state index contributed by atoms with van der Waals surface area (Å²) >= 11 is 5.92. The van der Waals surface area contributed by atoms with Crippen molar-refractivity contribution < 1.29 is 14.7 Å². The summed E-state index contributed by atoms with van der Waals surface area (Å²) in [6.07, 6.45) is -0.232. The van der Waals surface area contributed by atoms with E-state index < -0.39 is 17.3 Å². The van der Waals surface area contributed by atoms with Gasteiger partial charge in [-0.05, 0) is 30.7 Å². The minimum absolute atomic E-state index is 0.222. The van der Waals surface area contributed by atoms with Crippen molar-refractivity contribution in [3.05, 3.63) is 64.7 Å². The first-order valence-electron chi connectivity index (χ1n) is 7.15. The zero-order valence-electron chi connectivity index (χ0n) is 12.9. The number of carbonyl (C=O) groups excluding carboxylic acids is 1. The van der Waals surface area contributed by atoms with Crippen molar-refractivity contribution in [2.75, 3.05) is 5.32 Å². The lowest BCUT2D eigenvalue weighted by Gasteiger charge is -2.24. The van der Waals surface area contributed by atoms with E-state index in [4.69, 9.17) is 16.9 Å². The van der Waals surface area contributed by atoms with Crippen molar-refractivity contribution in [1.29, 1.82) is 5.26 Å². The van der Waals surface area contributed by atoms with E-state index in [1.807, 2.05) is 6.07 Å². The maximum Gasteiger partial charge on any atom is 0.314 e. The topological polar surface area (TPSA) is 90.2 Å². The molecule has 1 atom stereocenters. The lowest BCUT2D eigenvalue weighted by Crippen LogP contribution is -2.36. The fraction of sp³-hybridized carbons (Fsp3) is 0.167. The van der Waals surface area contributed by atoms with E-state index in [0.717, 1.165) is 0 Å². The van der Waals surface area contributed by atoms with E-state index in [1.54, 1.807) is 36.4 Å². The lowest BCUT2D eigenvalue weighted by atomic mass is 9.79. The number of carbonyl (C=O) groups is 2. The molecule has 0 aliphatic carbocycles. The van der Waals surface area contributed by atoms with Crippen LogP contribution in [0, 0.1) is 11.3 Å². The maximum atomic E-state index is 12.3. The van der Waals surface area contributed by atoms with Gasteiger partial charge in [0.2, 0.25) is 5.91 Å². The number of nitriles is 1. The third-order valence-corrected chi connectivity index (χ3v) is 4.08. The van der Waals surface area contributed by atoms with Gasteiger partial charge in [-0.3, -0.25) is 9.59 Å². The lowest BCUT2D eigenvalue weighted by molar-refractivity contribution is -0.145. The van der Waals surface area contributed by atoms with E-state index in [2.05, 4.69) is 5.32 Å². The Labute approximate surface area is 144 Å². The molecule has 0 heterocycles. The molecule has 0 aromatic heterocycles. The highest BCUT2D eigenvalue weighted by Crippen LogP contribution is 2.29. The van der Waals surface area contributed by atoms with Crippen LogP contribution in [0.15, 0.2) is 48.5 Å². The van der Waals surface area contributed by atoms with Crippen molar-refractivity contribution >= 4 is 29.2 Å². The molecule has 1 amide bonds. The molecule has 122 valence electrons. The number of benzene rings is 2. The number of carboxylic acid groups (broad SMARTS) is 1. The molecule has 2 aromatic carbocycles. The monoisotopic (exact) mass is 342 g/mol. The van der Waals surface area contributed by atoms with Gasteiger partial charge in [-0.2, -0.15) is 5.26 Å². The van der Waals surface area contributed by atoms with Crippen LogP contribution in [-0.2, 0) is 15.0 Å². The molecule has 0 saturated heterocycles. The van der Waals surface area contributed by atoms with Gasteiger partial charge in [0.05, 0.1) is 16.0 Å². The number of halogens is 1. The number of hydrogen-bond acceptors (Lipinski definition) is 3. The normalized spacial score (nSPS) is 12.7. The Morgan fingerprint density at radius 3 is 2.46 bits per heavy atom. The number of anilines is 1. The highest BCUT2D eigenvalue weighted by atomic mass is 35.5. The second kappa shape index (κ2) is 7.16. The Kier molecular flexibility index (Phi) is 5.22. The fourth-order valence-corrected chi connectivity index (χ4v) is 2.54. The van der Waals surface area contributed by atoms with E-state index in [1.165, 1.54) is 19.1 Å². The highest BCUT2D eigenvalue weighted by Gasteiger charge is 2.37. The van der Waals surface area contributed by atoms with Crippen LogP contribution in [0.5, 0.6) is 0 Å². The minimum atomic E-state index is -1.35. The third kappa shape index (κ3) is 3.73. The predicted octanol–water partition coefficient (Wildman–Crippen LogP) is 3.58. The van der Waals surface area contributed by atoms with Gasteiger partial charge in [-0.1, -0.05) is 41.9 Å². The molecule has 0 fully saturated rings. The summed E-state index contributed by atoms with van der Waals surface area (Å²) in [6, 6.07) is 15.0. The average Bonchev–Trinajstić information content (AvgIpc) is 2.55. The standard InChI is InChI=1S/C18H15ClN2O3/c1-18(17(23)24,13-5-3-2-4-6-13)10-16(22)21-14-8-7-12(11-20)15(19)9-14/h2-9H,10H2,1H3,(H,21,22)(H,23,24)/t18-/m0/s1. The number of hydrogen-bond donors (Lipinski definition) is 2. The molecule has 0 aliphatic heterocycles. The maximum absolute atomic E-state index is 12.3. The van der Waals surface area contributed by atoms with E-state index in [0.29, 0.717) is 16.8 Å². The van der Waals surface area contributed by atoms with Crippen LogP contribution >= 0.6 is 11.6 Å². The van der Waals surface area contributed by atoms with Crippen LogP contribution in [0.2, 0.25) is 5.02 Å². The molecule has 5 nitrogen and oxygen atoms in total. The van der Waals surface area contributed by atoms with Gasteiger partial charge in [-0.25, -0.2) is 0 Å². The van der Waals surface area contributed by atoms with Gasteiger partial charge < -0.3 is 10.4 Å². The van der Waals surface area contributed by atoms with E-state index >= 15 is 0 Å². The number of nitrogens with one attached hydrogen (secondary N) is 1. The van der Waals surface area contributed by atoms with Crippen LogP contribution in [0.3, 0.4) is 0 Å². The van der Waals surface area contributed by atoms with Gasteiger partial charge in [0.15, 0.2) is 0 Å². The SMILES string of the molecule is C[C@@](CC(=O)Nc1ccc(C#N)c(Cl)c1)(C(=O)O)c1ccccc1. The van der Waals surface area contributed by atoms with Crippen LogP contribution in [0.1, 0.15) is 24.5 Å². The molecule has 24 heavy (non-hydrogen) atoms. The van der Waals surface area contributed by atoms with Crippen molar-refractivity contribution in [1.82, 2.24) is 0 Å². The van der Waals surface area contributed by atoms with E-state index in [-0.39, 0.29) is 11.4 Å². The number of carboxylic acids is 1. The smallest absolute Gasteiger partial charge is 0.314 e. The molecule has 0 radical (unpaired) electrons. The summed E-state index contributed by atoms with van der Waals surface area (Å²) in [7, 11) is 0. The molecular weight excluding hydrogens is 328 g/mol. The fourth-order valence-electron chi connectivity index (χ4n) is 2.32. The Morgan fingerprint density at radius 2 is 1.92 bits per heavy atom. The summed E-state index contributed by atoms with van der Waals surface area (Å²) in [5.74, 6) is -1.54. The zero-order chi connectivity index (χ0) is 17.7. The second-order valence-corrected chi connectivity index (χ2v) is 5.94. The van der Waals surface area contributed by atoms with E-state index in [9.17, 15) is 14.7 Å². The number of rotatable bonds is 5. The first-order valence-corrected chi connectivity index (χ1v) is 7.53. The molecule has 2 N–H and O–H groups in total. The highest BCUT2D eigenvalue weighted by molar-refractivity contribution is 6.32. The van der Waals surface area contributed by atoms with Gasteiger partial charge in [0.25, 0.3) is 0 Å². The molecule has 2 rings (SSSR count). The van der Waals surface area contributed by atoms with Crippen molar-refractivity contribution in [3.63, 3.8) is 0 Å². The quantitative estimate of drug-likeness (QED) is 0.868. The summed E-state index contributed by atoms with van der Waals surface area (Å²) in [5, 5.41) is 21.3. The summed E-state index contributed by atoms with van der Waals surface area (Å²) in [4.78, 5) is 24.0. The molecular formula is C18H15ClN2O3. The number of amides is 1. The van der Waals surface area contributed by atoms with Crippen LogP contribution in [0.25, 0.3) is 0 Å². The Bertz CT molecular complexity index is 815. The molecule has 0 spiro atoms. The molecule has 0 aliphatic rings. The molecule has 6 heteroatoms. The number of nitrogens with zero attached hydrogens (tertiary/aromatic N) is 1. The van der Waals surface area contributed by atoms with Crippen molar-refractivity contribution in [2.45, 2.75) is 18.8 Å². The first kappa shape index (κ1) is 17.5. The predicted molar refractivity (Wildman–Crippen MR) is 90.8 cm³/mol. The summed E-state index contributed by atoms with van der Waals surface area (Å²) in [6.45, 7) is 1.51. The second-order valence-electron chi connectivity index (χ2n) is 5.53. The first-order chi connectivity index (χ1) is 11.4. The third-order valence-electron chi connectivity index (χ3n) is 3.77. The Hall–Kier alpha value is -2.84. The molecule has 0 saturated carbocycles. The van der Waals surface area contributed by atoms with Gasteiger partial charge >= 0.3 is 5.97 Å².